The molecule has 4 saturated carbocycles. The molecule has 0 aliphatic heterocycles. The average molecular weight is 633 g/mol. The SMILES string of the molecule is CC(C)[C@H]1CC[C@H](C)CC1[C]1[CH][CH][C]2C=CC=C[C]21.CC(C)[C@H]1CC[C@H](C)CC1[C]1[CH][CH][C]2C=CC=C[C]21.[Cl-].[Zr+4]. The second-order valence-electron chi connectivity index (χ2n) is 13.6. The van der Waals surface area contributed by atoms with Crippen LogP contribution in [0.2, 0.25) is 0 Å². The molecule has 0 aromatic heterocycles. The van der Waals surface area contributed by atoms with E-state index in [0.717, 1.165) is 47.3 Å². The third-order valence-electron chi connectivity index (χ3n) is 10.3. The first-order chi connectivity index (χ1) is 18.3. The summed E-state index contributed by atoms with van der Waals surface area (Å²) in [5, 5.41) is 0. The predicted molar refractivity (Wildman–Crippen MR) is 163 cm³/mol. The van der Waals surface area contributed by atoms with Crippen LogP contribution in [0, 0.1) is 109 Å². The monoisotopic (exact) mass is 631 g/mol. The molecule has 6 aliphatic carbocycles. The quantitative estimate of drug-likeness (QED) is 0.315. The zero-order valence-corrected chi connectivity index (χ0v) is 28.9. The van der Waals surface area contributed by atoms with E-state index in [1.807, 2.05) is 0 Å². The Kier molecular flexibility index (Phi) is 13.6. The number of halogens is 1. The van der Waals surface area contributed by atoms with Gasteiger partial charge in [-0.25, -0.2) is 0 Å². The maximum absolute atomic E-state index is 2.43. The fourth-order valence-electron chi connectivity index (χ4n) is 8.12. The van der Waals surface area contributed by atoms with Crippen molar-refractivity contribution in [2.45, 2.75) is 80.1 Å². The van der Waals surface area contributed by atoms with Crippen LogP contribution >= 0.6 is 0 Å². The van der Waals surface area contributed by atoms with E-state index in [0.29, 0.717) is 0 Å². The van der Waals surface area contributed by atoms with Crippen molar-refractivity contribution in [2.75, 3.05) is 0 Å². The van der Waals surface area contributed by atoms with Crippen molar-refractivity contribution in [1.29, 1.82) is 0 Å². The maximum Gasteiger partial charge on any atom is 4.00 e. The van der Waals surface area contributed by atoms with E-state index in [9.17, 15) is 0 Å². The van der Waals surface area contributed by atoms with Gasteiger partial charge in [-0.05, 0) is 111 Å². The zero-order valence-electron chi connectivity index (χ0n) is 25.7. The fourth-order valence-corrected chi connectivity index (χ4v) is 8.12. The van der Waals surface area contributed by atoms with Crippen LogP contribution in [0.15, 0.2) is 48.6 Å². The Morgan fingerprint density at radius 2 is 0.925 bits per heavy atom. The molecule has 6 aliphatic rings. The van der Waals surface area contributed by atoms with Crippen LogP contribution in [-0.2, 0) is 26.2 Å². The van der Waals surface area contributed by atoms with Gasteiger partial charge in [0.1, 0.15) is 0 Å². The van der Waals surface area contributed by atoms with Crippen LogP contribution in [0.5, 0.6) is 0 Å². The first-order valence-electron chi connectivity index (χ1n) is 15.6. The fraction of sp³-hybridized carbons (Fsp3) is 0.526. The molecule has 0 nitrogen and oxygen atoms in total. The summed E-state index contributed by atoms with van der Waals surface area (Å²) in [4.78, 5) is 0. The first kappa shape index (κ1) is 34.6. The van der Waals surface area contributed by atoms with Gasteiger partial charge in [0, 0.05) is 23.7 Å². The Hall–Kier alpha value is 0.133. The third-order valence-corrected chi connectivity index (χ3v) is 10.3. The molecule has 10 radical (unpaired) electrons. The summed E-state index contributed by atoms with van der Waals surface area (Å²) in [6.07, 6.45) is 35.5. The van der Waals surface area contributed by atoms with Crippen LogP contribution in [0.3, 0.4) is 0 Å². The smallest absolute Gasteiger partial charge is 1.00 e. The van der Waals surface area contributed by atoms with Gasteiger partial charge in [-0.15, -0.1) is 0 Å². The molecule has 0 aromatic rings. The summed E-state index contributed by atoms with van der Waals surface area (Å²) in [7, 11) is 0. The van der Waals surface area contributed by atoms with Gasteiger partial charge in [-0.2, -0.15) is 0 Å². The molecule has 6 atom stereocenters. The standard InChI is InChI=1S/2C19H25.ClH.Zr/c2*1-13(2)16-10-8-14(3)12-19(16)18-11-9-15-6-4-5-7-17(15)18;;/h2*4-7,9,11,13-14,16,19H,8,10,12H2,1-3H3;1H;/q;;;+4/p-1/t2*14-,16+,19?;;/m00../s1. The van der Waals surface area contributed by atoms with Crippen molar-refractivity contribution in [3.05, 3.63) is 110 Å². The molecule has 2 heteroatoms. The number of rotatable bonds is 4. The summed E-state index contributed by atoms with van der Waals surface area (Å²) in [5.41, 5.74) is 0. The second kappa shape index (κ2) is 15.7. The van der Waals surface area contributed by atoms with Gasteiger partial charge < -0.3 is 12.4 Å². The molecule has 0 N–H and O–H groups in total. The molecule has 210 valence electrons. The summed E-state index contributed by atoms with van der Waals surface area (Å²) < 4.78 is 0. The van der Waals surface area contributed by atoms with Crippen molar-refractivity contribution >= 4 is 0 Å². The topological polar surface area (TPSA) is 0 Å². The number of fused-ring (bicyclic) bond motifs is 2. The molecular weight excluding hydrogens is 583 g/mol. The summed E-state index contributed by atoms with van der Waals surface area (Å²) in [6, 6.07) is 0. The molecule has 0 heterocycles. The molecule has 0 saturated heterocycles. The molecule has 0 spiro atoms. The molecule has 2 unspecified atom stereocenters. The van der Waals surface area contributed by atoms with E-state index in [2.05, 4.69) is 116 Å². The van der Waals surface area contributed by atoms with Gasteiger partial charge in [-0.3, -0.25) is 0 Å². The molecule has 4 fully saturated rings. The normalized spacial score (nSPS) is 35.3. The predicted octanol–water partition coefficient (Wildman–Crippen LogP) is 6.93. The van der Waals surface area contributed by atoms with Crippen LogP contribution in [-0.4, -0.2) is 0 Å². The van der Waals surface area contributed by atoms with Gasteiger partial charge in [0.25, 0.3) is 0 Å². The van der Waals surface area contributed by atoms with Gasteiger partial charge in [0.15, 0.2) is 0 Å². The van der Waals surface area contributed by atoms with Gasteiger partial charge in [0.2, 0.25) is 0 Å². The van der Waals surface area contributed by atoms with Crippen molar-refractivity contribution in [2.24, 2.45) is 47.3 Å². The van der Waals surface area contributed by atoms with E-state index in [1.54, 1.807) is 11.8 Å². The Bertz CT molecular complexity index is 810. The molecule has 6 rings (SSSR count). The Morgan fingerprint density at radius 1 is 0.550 bits per heavy atom. The van der Waals surface area contributed by atoms with Crippen molar-refractivity contribution in [3.63, 3.8) is 0 Å². The van der Waals surface area contributed by atoms with Gasteiger partial charge in [-0.1, -0.05) is 103 Å². The largest absolute Gasteiger partial charge is 4.00 e. The number of allylic oxidation sites excluding steroid dienone is 8. The Labute approximate surface area is 274 Å². The Morgan fingerprint density at radius 3 is 1.30 bits per heavy atom. The summed E-state index contributed by atoms with van der Waals surface area (Å²) >= 11 is 0. The van der Waals surface area contributed by atoms with Crippen molar-refractivity contribution in [3.8, 4) is 0 Å². The minimum absolute atomic E-state index is 0. The van der Waals surface area contributed by atoms with Crippen LogP contribution in [0.25, 0.3) is 0 Å². The average Bonchev–Trinajstić information content (AvgIpc) is 3.53. The number of hydrogen-bond donors (Lipinski definition) is 0. The third kappa shape index (κ3) is 7.79. The maximum atomic E-state index is 2.43. The van der Waals surface area contributed by atoms with E-state index in [1.165, 1.54) is 62.2 Å². The minimum atomic E-state index is 0. The van der Waals surface area contributed by atoms with E-state index < -0.39 is 0 Å². The minimum Gasteiger partial charge on any atom is -1.00 e. The van der Waals surface area contributed by atoms with Crippen molar-refractivity contribution < 1.29 is 38.6 Å². The molecule has 40 heavy (non-hydrogen) atoms. The zero-order chi connectivity index (χ0) is 26.8. The molecular formula is C38H50ClZr+3. The summed E-state index contributed by atoms with van der Waals surface area (Å²) in [5.74, 6) is 15.7. The van der Waals surface area contributed by atoms with E-state index in [4.69, 9.17) is 0 Å². The van der Waals surface area contributed by atoms with Crippen molar-refractivity contribution in [1.82, 2.24) is 0 Å². The van der Waals surface area contributed by atoms with E-state index in [-0.39, 0.29) is 38.6 Å². The first-order valence-corrected chi connectivity index (χ1v) is 15.6. The Balaban J connectivity index is 0.000000210. The van der Waals surface area contributed by atoms with Gasteiger partial charge >= 0.3 is 26.2 Å². The summed E-state index contributed by atoms with van der Waals surface area (Å²) in [6.45, 7) is 14.5. The number of hydrogen-bond acceptors (Lipinski definition) is 0. The van der Waals surface area contributed by atoms with Crippen LogP contribution in [0.4, 0.5) is 0 Å². The second-order valence-corrected chi connectivity index (χ2v) is 13.6. The molecule has 0 amide bonds. The molecule has 0 aromatic carbocycles. The van der Waals surface area contributed by atoms with Crippen LogP contribution < -0.4 is 12.4 Å². The van der Waals surface area contributed by atoms with Gasteiger partial charge in [0.05, 0.1) is 0 Å². The van der Waals surface area contributed by atoms with E-state index >= 15 is 0 Å². The molecule has 0 bridgehead atoms. The van der Waals surface area contributed by atoms with Crippen LogP contribution in [0.1, 0.15) is 80.1 Å².